The number of hydrogen-bond acceptors (Lipinski definition) is 2. The minimum atomic E-state index is -0.112. The molecule has 3 aromatic rings. The van der Waals surface area contributed by atoms with Gasteiger partial charge in [-0.1, -0.05) is 30.3 Å². The van der Waals surface area contributed by atoms with Crippen molar-refractivity contribution in [3.8, 4) is 0 Å². The van der Waals surface area contributed by atoms with E-state index in [4.69, 9.17) is 0 Å². The Hall–Kier alpha value is -3.34. The van der Waals surface area contributed by atoms with Crippen LogP contribution in [0.15, 0.2) is 60.8 Å². The highest BCUT2D eigenvalue weighted by atomic mass is 16.2. The first-order valence-electron chi connectivity index (χ1n) is 9.62. The summed E-state index contributed by atoms with van der Waals surface area (Å²) in [6, 6.07) is 15.9. The van der Waals surface area contributed by atoms with Crippen molar-refractivity contribution in [3.05, 3.63) is 71.9 Å². The fraction of sp³-hybridized carbons (Fsp3) is 0.217. The average molecular weight is 373 g/mol. The van der Waals surface area contributed by atoms with Gasteiger partial charge in [-0.15, -0.1) is 0 Å². The number of carbonyl (C=O) groups is 2. The van der Waals surface area contributed by atoms with Crippen molar-refractivity contribution in [1.29, 1.82) is 0 Å². The number of H-pyrrole nitrogens is 1. The molecule has 5 heteroatoms. The predicted molar refractivity (Wildman–Crippen MR) is 112 cm³/mol. The van der Waals surface area contributed by atoms with Crippen LogP contribution < -0.4 is 10.2 Å². The number of amides is 2. The molecule has 0 aliphatic carbocycles. The second-order valence-corrected chi connectivity index (χ2v) is 6.97. The van der Waals surface area contributed by atoms with Crippen molar-refractivity contribution in [1.82, 2.24) is 10.3 Å². The van der Waals surface area contributed by atoms with Crippen molar-refractivity contribution in [3.63, 3.8) is 0 Å². The summed E-state index contributed by atoms with van der Waals surface area (Å²) in [7, 11) is 0. The largest absolute Gasteiger partial charge is 0.361 e. The minimum absolute atomic E-state index is 0.112. The maximum atomic E-state index is 12.1. The summed E-state index contributed by atoms with van der Waals surface area (Å²) in [6.07, 6.45) is 7.66. The lowest BCUT2D eigenvalue weighted by atomic mass is 10.1. The van der Waals surface area contributed by atoms with Crippen LogP contribution in [0.3, 0.4) is 0 Å². The van der Waals surface area contributed by atoms with Crippen LogP contribution in [0.25, 0.3) is 17.0 Å². The van der Waals surface area contributed by atoms with Crippen LogP contribution in [0.4, 0.5) is 5.69 Å². The van der Waals surface area contributed by atoms with Crippen LogP contribution in [-0.2, 0) is 16.0 Å². The number of benzene rings is 2. The number of anilines is 1. The lowest BCUT2D eigenvalue weighted by molar-refractivity contribution is -0.117. The Morgan fingerprint density at radius 3 is 2.75 bits per heavy atom. The quantitative estimate of drug-likeness (QED) is 0.648. The van der Waals surface area contributed by atoms with Crippen LogP contribution in [0.1, 0.15) is 24.0 Å². The van der Waals surface area contributed by atoms with Crippen LogP contribution in [-0.4, -0.2) is 29.9 Å². The molecule has 1 aromatic heterocycles. The standard InChI is InChI=1S/C23H23N3O2/c27-22(24-14-13-18-16-25-21-5-2-1-4-20(18)21)12-9-17-7-10-19(11-8-17)26-15-3-6-23(26)28/h1-2,4-5,7-12,16,25H,3,6,13-15H2,(H,24,27)/b12-9+. The fourth-order valence-corrected chi connectivity index (χ4v) is 3.58. The summed E-state index contributed by atoms with van der Waals surface area (Å²) in [5.74, 6) is 0.0662. The number of para-hydroxylation sites is 1. The van der Waals surface area contributed by atoms with E-state index in [-0.39, 0.29) is 11.8 Å². The Labute approximate surface area is 164 Å². The Bertz CT molecular complexity index is 1020. The highest BCUT2D eigenvalue weighted by Gasteiger charge is 2.21. The van der Waals surface area contributed by atoms with E-state index in [1.54, 1.807) is 12.2 Å². The Morgan fingerprint density at radius 2 is 1.96 bits per heavy atom. The second kappa shape index (κ2) is 8.13. The molecule has 5 nitrogen and oxygen atoms in total. The van der Waals surface area contributed by atoms with Crippen molar-refractivity contribution in [2.75, 3.05) is 18.0 Å². The number of nitrogens with one attached hydrogen (secondary N) is 2. The number of nitrogens with zero attached hydrogens (tertiary/aromatic N) is 1. The van der Waals surface area contributed by atoms with E-state index in [9.17, 15) is 9.59 Å². The molecule has 1 fully saturated rings. The van der Waals surface area contributed by atoms with Gasteiger partial charge in [0.2, 0.25) is 11.8 Å². The molecule has 28 heavy (non-hydrogen) atoms. The lowest BCUT2D eigenvalue weighted by Gasteiger charge is -2.15. The van der Waals surface area contributed by atoms with Gasteiger partial charge in [0.25, 0.3) is 0 Å². The molecule has 0 unspecified atom stereocenters. The van der Waals surface area contributed by atoms with Gasteiger partial charge in [-0.25, -0.2) is 0 Å². The molecule has 0 spiro atoms. The van der Waals surface area contributed by atoms with E-state index in [1.165, 1.54) is 10.9 Å². The summed E-state index contributed by atoms with van der Waals surface area (Å²) in [5, 5.41) is 4.12. The van der Waals surface area contributed by atoms with Gasteiger partial charge in [0.1, 0.15) is 0 Å². The van der Waals surface area contributed by atoms with Crippen LogP contribution in [0.5, 0.6) is 0 Å². The normalized spacial score (nSPS) is 14.3. The number of hydrogen-bond donors (Lipinski definition) is 2. The van der Waals surface area contributed by atoms with E-state index in [1.807, 2.05) is 53.6 Å². The summed E-state index contributed by atoms with van der Waals surface area (Å²) in [6.45, 7) is 1.37. The molecule has 0 radical (unpaired) electrons. The van der Waals surface area contributed by atoms with Crippen LogP contribution in [0, 0.1) is 0 Å². The molecule has 1 saturated heterocycles. The molecule has 142 valence electrons. The highest BCUT2D eigenvalue weighted by Crippen LogP contribution is 2.22. The second-order valence-electron chi connectivity index (χ2n) is 6.97. The summed E-state index contributed by atoms with van der Waals surface area (Å²) >= 11 is 0. The molecule has 2 amide bonds. The van der Waals surface area contributed by atoms with Crippen molar-refractivity contribution < 1.29 is 9.59 Å². The monoisotopic (exact) mass is 373 g/mol. The first-order chi connectivity index (χ1) is 13.7. The van der Waals surface area contributed by atoms with Crippen LogP contribution in [0.2, 0.25) is 0 Å². The number of fused-ring (bicyclic) bond motifs is 1. The average Bonchev–Trinajstić information content (AvgIpc) is 3.33. The summed E-state index contributed by atoms with van der Waals surface area (Å²) < 4.78 is 0. The van der Waals surface area contributed by atoms with E-state index in [0.29, 0.717) is 13.0 Å². The SMILES string of the molecule is O=C(/C=C/c1ccc(N2CCCC2=O)cc1)NCCc1c[nH]c2ccccc12. The first kappa shape index (κ1) is 18.0. The zero-order valence-corrected chi connectivity index (χ0v) is 15.7. The van der Waals surface area contributed by atoms with Gasteiger partial charge < -0.3 is 15.2 Å². The van der Waals surface area contributed by atoms with E-state index in [2.05, 4.69) is 16.4 Å². The summed E-state index contributed by atoms with van der Waals surface area (Å²) in [4.78, 5) is 28.9. The van der Waals surface area contributed by atoms with Crippen molar-refractivity contribution >= 4 is 34.5 Å². The topological polar surface area (TPSA) is 65.2 Å². The van der Waals surface area contributed by atoms with E-state index < -0.39 is 0 Å². The van der Waals surface area contributed by atoms with Gasteiger partial charge in [0, 0.05) is 48.4 Å². The Balaban J connectivity index is 1.28. The van der Waals surface area contributed by atoms with Gasteiger partial charge >= 0.3 is 0 Å². The van der Waals surface area contributed by atoms with Gasteiger partial charge in [0.15, 0.2) is 0 Å². The Kier molecular flexibility index (Phi) is 5.24. The summed E-state index contributed by atoms with van der Waals surface area (Å²) in [5.41, 5.74) is 4.17. The van der Waals surface area contributed by atoms with Gasteiger partial charge in [-0.3, -0.25) is 9.59 Å². The molecule has 1 aliphatic heterocycles. The fourth-order valence-electron chi connectivity index (χ4n) is 3.58. The molecule has 0 bridgehead atoms. The van der Waals surface area contributed by atoms with E-state index >= 15 is 0 Å². The first-order valence-corrected chi connectivity index (χ1v) is 9.62. The minimum Gasteiger partial charge on any atom is -0.361 e. The molecule has 0 atom stereocenters. The zero-order valence-electron chi connectivity index (χ0n) is 15.7. The third-order valence-corrected chi connectivity index (χ3v) is 5.07. The molecule has 1 aliphatic rings. The third-order valence-electron chi connectivity index (χ3n) is 5.07. The highest BCUT2D eigenvalue weighted by molar-refractivity contribution is 5.95. The van der Waals surface area contributed by atoms with Crippen LogP contribution >= 0.6 is 0 Å². The third kappa shape index (κ3) is 3.98. The zero-order chi connectivity index (χ0) is 19.3. The molecular formula is C23H23N3O2. The van der Waals surface area contributed by atoms with Crippen molar-refractivity contribution in [2.24, 2.45) is 0 Å². The van der Waals surface area contributed by atoms with E-state index in [0.717, 1.165) is 36.2 Å². The maximum Gasteiger partial charge on any atom is 0.244 e. The number of carbonyl (C=O) groups excluding carboxylic acids is 2. The van der Waals surface area contributed by atoms with Gasteiger partial charge in [-0.2, -0.15) is 0 Å². The molecule has 4 rings (SSSR count). The number of aromatic nitrogens is 1. The van der Waals surface area contributed by atoms with Crippen molar-refractivity contribution in [2.45, 2.75) is 19.3 Å². The van der Waals surface area contributed by atoms with Gasteiger partial charge in [-0.05, 0) is 48.2 Å². The van der Waals surface area contributed by atoms with Gasteiger partial charge in [0.05, 0.1) is 0 Å². The molecular weight excluding hydrogens is 350 g/mol. The Morgan fingerprint density at radius 1 is 1.14 bits per heavy atom. The number of aromatic amines is 1. The molecule has 2 heterocycles. The number of rotatable bonds is 6. The molecule has 2 N–H and O–H groups in total. The molecule has 0 saturated carbocycles. The predicted octanol–water partition coefficient (Wildman–Crippen LogP) is 3.67. The molecule has 2 aromatic carbocycles. The smallest absolute Gasteiger partial charge is 0.244 e. The maximum absolute atomic E-state index is 12.1. The lowest BCUT2D eigenvalue weighted by Crippen LogP contribution is -2.23.